The molecule has 0 spiro atoms. The Morgan fingerprint density at radius 3 is 2.17 bits per heavy atom. The molecule has 1 aromatic rings. The molecule has 0 aromatic heterocycles. The second kappa shape index (κ2) is 10.4. The van der Waals surface area contributed by atoms with Gasteiger partial charge < -0.3 is 19.9 Å². The summed E-state index contributed by atoms with van der Waals surface area (Å²) in [5.41, 5.74) is 1.96. The fourth-order valence-electron chi connectivity index (χ4n) is 2.96. The summed E-state index contributed by atoms with van der Waals surface area (Å²) in [7, 11) is 6.12. The molecule has 0 bridgehead atoms. The molecule has 5 heteroatoms. The molecule has 0 saturated carbocycles. The van der Waals surface area contributed by atoms with Gasteiger partial charge in [-0.3, -0.25) is 4.79 Å². The minimum Gasteiger partial charge on any atom is -0.378 e. The molecule has 1 amide bonds. The summed E-state index contributed by atoms with van der Waals surface area (Å²) < 4.78 is 5.30. The summed E-state index contributed by atoms with van der Waals surface area (Å²) in [5, 5.41) is 3.30. The summed E-state index contributed by atoms with van der Waals surface area (Å²) in [5.74, 6) is 0.0953. The van der Waals surface area contributed by atoms with Crippen molar-refractivity contribution in [1.82, 2.24) is 15.1 Å². The molecule has 0 radical (unpaired) electrons. The molecule has 1 saturated heterocycles. The van der Waals surface area contributed by atoms with Crippen molar-refractivity contribution >= 4 is 5.91 Å². The molecule has 2 atom stereocenters. The normalized spacial score (nSPS) is 17.0. The Hall–Kier alpha value is -1.43. The lowest BCUT2D eigenvalue weighted by Crippen LogP contribution is -2.40. The predicted molar refractivity (Wildman–Crippen MR) is 99.5 cm³/mol. The highest BCUT2D eigenvalue weighted by molar-refractivity contribution is 5.94. The van der Waals surface area contributed by atoms with Crippen LogP contribution >= 0.6 is 0 Å². The number of likely N-dealkylation sites (N-methyl/N-ethyl adjacent to an activating group) is 2. The average molecular weight is 335 g/mol. The lowest BCUT2D eigenvalue weighted by Gasteiger charge is -2.31. The van der Waals surface area contributed by atoms with E-state index in [4.69, 9.17) is 4.74 Å². The topological polar surface area (TPSA) is 44.8 Å². The molecule has 1 fully saturated rings. The first-order valence-corrected chi connectivity index (χ1v) is 8.85. The number of morpholine rings is 1. The van der Waals surface area contributed by atoms with E-state index < -0.39 is 0 Å². The van der Waals surface area contributed by atoms with E-state index in [2.05, 4.69) is 43.4 Å². The number of hydrogen-bond donors (Lipinski definition) is 1. The third-order valence-corrected chi connectivity index (χ3v) is 4.28. The molecule has 1 unspecified atom stereocenters. The van der Waals surface area contributed by atoms with E-state index in [1.165, 1.54) is 5.56 Å². The summed E-state index contributed by atoms with van der Waals surface area (Å²) in [4.78, 5) is 16.5. The first kappa shape index (κ1) is 20.6. The van der Waals surface area contributed by atoms with E-state index in [1.54, 1.807) is 0 Å². The number of amides is 1. The van der Waals surface area contributed by atoms with Gasteiger partial charge in [0.2, 0.25) is 0 Å². The molecule has 1 aliphatic rings. The van der Waals surface area contributed by atoms with Gasteiger partial charge in [-0.05, 0) is 45.8 Å². The van der Waals surface area contributed by atoms with Crippen molar-refractivity contribution < 1.29 is 9.53 Å². The van der Waals surface area contributed by atoms with Gasteiger partial charge in [0, 0.05) is 30.7 Å². The lowest BCUT2D eigenvalue weighted by molar-refractivity contribution is 0.0303. The summed E-state index contributed by atoms with van der Waals surface area (Å²) in [6, 6.07) is 8.60. The number of rotatable bonds is 5. The van der Waals surface area contributed by atoms with Gasteiger partial charge in [0.1, 0.15) is 0 Å². The number of benzene rings is 1. The van der Waals surface area contributed by atoms with E-state index in [0.717, 1.165) is 5.56 Å². The summed E-state index contributed by atoms with van der Waals surface area (Å²) >= 11 is 0. The zero-order valence-corrected chi connectivity index (χ0v) is 16.0. The standard InChI is InChI=1S/C17H27N3O2.C2H6/c1-13(18-2)16(19(3)4)14-5-7-15(8-6-14)17(21)20-9-11-22-12-10-20;1-2/h5-8,13,16,18H,9-12H2,1-4H3;1-2H3/t13-,16?;/m0./s1. The van der Waals surface area contributed by atoms with Crippen molar-refractivity contribution in [3.8, 4) is 0 Å². The monoisotopic (exact) mass is 335 g/mol. The van der Waals surface area contributed by atoms with Crippen LogP contribution in [0.5, 0.6) is 0 Å². The largest absolute Gasteiger partial charge is 0.378 e. The number of nitrogens with zero attached hydrogens (tertiary/aromatic N) is 2. The number of ether oxygens (including phenoxy) is 1. The van der Waals surface area contributed by atoms with Crippen molar-refractivity contribution in [2.75, 3.05) is 47.4 Å². The van der Waals surface area contributed by atoms with E-state index in [1.807, 2.05) is 37.9 Å². The molecular weight excluding hydrogens is 302 g/mol. The van der Waals surface area contributed by atoms with Crippen molar-refractivity contribution in [3.05, 3.63) is 35.4 Å². The zero-order valence-electron chi connectivity index (χ0n) is 16.0. The highest BCUT2D eigenvalue weighted by atomic mass is 16.5. The minimum atomic E-state index is 0.0953. The molecule has 1 N–H and O–H groups in total. The van der Waals surface area contributed by atoms with Crippen LogP contribution in [0.3, 0.4) is 0 Å². The van der Waals surface area contributed by atoms with Crippen LogP contribution in [0.25, 0.3) is 0 Å². The van der Waals surface area contributed by atoms with Gasteiger partial charge in [-0.2, -0.15) is 0 Å². The van der Waals surface area contributed by atoms with Crippen molar-refractivity contribution in [1.29, 1.82) is 0 Å². The maximum atomic E-state index is 12.5. The van der Waals surface area contributed by atoms with Crippen LogP contribution in [0.4, 0.5) is 0 Å². The first-order chi connectivity index (χ1) is 11.5. The van der Waals surface area contributed by atoms with E-state index in [-0.39, 0.29) is 11.9 Å². The van der Waals surface area contributed by atoms with E-state index >= 15 is 0 Å². The molecule has 136 valence electrons. The lowest BCUT2D eigenvalue weighted by atomic mass is 9.98. The Labute approximate surface area is 147 Å². The van der Waals surface area contributed by atoms with Gasteiger partial charge in [0.25, 0.3) is 5.91 Å². The van der Waals surface area contributed by atoms with Crippen LogP contribution in [0.15, 0.2) is 24.3 Å². The SMILES string of the molecule is CC.CN[C@@H](C)C(c1ccc(C(=O)N2CCOCC2)cc1)N(C)C. The Morgan fingerprint density at radius 1 is 1.17 bits per heavy atom. The van der Waals surface area contributed by atoms with Crippen molar-refractivity contribution in [2.24, 2.45) is 0 Å². The number of carbonyl (C=O) groups is 1. The second-order valence-electron chi connectivity index (χ2n) is 6.01. The third-order valence-electron chi connectivity index (χ3n) is 4.28. The van der Waals surface area contributed by atoms with Crippen LogP contribution in [0.2, 0.25) is 0 Å². The number of nitrogens with one attached hydrogen (secondary N) is 1. The van der Waals surface area contributed by atoms with Gasteiger partial charge in [0.15, 0.2) is 0 Å². The third kappa shape index (κ3) is 5.30. The van der Waals surface area contributed by atoms with Gasteiger partial charge >= 0.3 is 0 Å². The number of hydrogen-bond acceptors (Lipinski definition) is 4. The maximum absolute atomic E-state index is 12.5. The molecule has 0 aliphatic carbocycles. The van der Waals surface area contributed by atoms with Crippen molar-refractivity contribution in [3.63, 3.8) is 0 Å². The zero-order chi connectivity index (χ0) is 18.1. The second-order valence-corrected chi connectivity index (χ2v) is 6.01. The van der Waals surface area contributed by atoms with Crippen LogP contribution < -0.4 is 5.32 Å². The smallest absolute Gasteiger partial charge is 0.254 e. The fourth-order valence-corrected chi connectivity index (χ4v) is 2.96. The Balaban J connectivity index is 0.00000139. The Bertz CT molecular complexity index is 482. The van der Waals surface area contributed by atoms with Gasteiger partial charge in [0.05, 0.1) is 13.2 Å². The molecule has 1 aliphatic heterocycles. The highest BCUT2D eigenvalue weighted by Crippen LogP contribution is 2.22. The van der Waals surface area contributed by atoms with Crippen LogP contribution in [0, 0.1) is 0 Å². The quantitative estimate of drug-likeness (QED) is 0.897. The minimum absolute atomic E-state index is 0.0953. The molecule has 2 rings (SSSR count). The Kier molecular flexibility index (Phi) is 8.97. The van der Waals surface area contributed by atoms with E-state index in [0.29, 0.717) is 32.3 Å². The molecule has 1 aromatic carbocycles. The van der Waals surface area contributed by atoms with Crippen LogP contribution in [0.1, 0.15) is 42.7 Å². The van der Waals surface area contributed by atoms with E-state index in [9.17, 15) is 4.79 Å². The van der Waals surface area contributed by atoms with Crippen LogP contribution in [-0.2, 0) is 4.74 Å². The molecule has 5 nitrogen and oxygen atoms in total. The predicted octanol–water partition coefficient (Wildman–Crippen LogP) is 2.40. The number of carbonyl (C=O) groups excluding carboxylic acids is 1. The van der Waals surface area contributed by atoms with Crippen molar-refractivity contribution in [2.45, 2.75) is 32.9 Å². The van der Waals surface area contributed by atoms with Gasteiger partial charge in [-0.25, -0.2) is 0 Å². The van der Waals surface area contributed by atoms with Gasteiger partial charge in [-0.1, -0.05) is 26.0 Å². The van der Waals surface area contributed by atoms with Crippen LogP contribution in [-0.4, -0.2) is 69.2 Å². The molecule has 24 heavy (non-hydrogen) atoms. The Morgan fingerprint density at radius 2 is 1.71 bits per heavy atom. The molecule has 1 heterocycles. The molecular formula is C19H33N3O2. The van der Waals surface area contributed by atoms with Gasteiger partial charge in [-0.15, -0.1) is 0 Å². The summed E-state index contributed by atoms with van der Waals surface area (Å²) in [6.07, 6.45) is 0. The maximum Gasteiger partial charge on any atom is 0.254 e. The summed E-state index contributed by atoms with van der Waals surface area (Å²) in [6.45, 7) is 8.78. The fraction of sp³-hybridized carbons (Fsp3) is 0.632. The average Bonchev–Trinajstić information content (AvgIpc) is 2.64. The highest BCUT2D eigenvalue weighted by Gasteiger charge is 2.22. The first-order valence-electron chi connectivity index (χ1n) is 8.85.